The SMILES string of the molecule is C=CCOC(=O)[C@@H]1[C@H]2C(=O)N([C@@H](CC)CO)C(C(=O)N(CC=C)c3cc(C)ccc3C)C23CC[C@H]1S3. The number of aliphatic hydroxyl groups excluding tert-OH is 1. The Morgan fingerprint density at radius 1 is 1.33 bits per heavy atom. The summed E-state index contributed by atoms with van der Waals surface area (Å²) in [6, 6.07) is 4.66. The smallest absolute Gasteiger partial charge is 0.311 e. The Morgan fingerprint density at radius 2 is 2.08 bits per heavy atom. The zero-order chi connectivity index (χ0) is 26.2. The van der Waals surface area contributed by atoms with Gasteiger partial charge in [-0.15, -0.1) is 18.3 Å². The molecule has 0 radical (unpaired) electrons. The number of aryl methyl sites for hydroxylation is 2. The first-order valence-electron chi connectivity index (χ1n) is 12.6. The van der Waals surface area contributed by atoms with Gasteiger partial charge >= 0.3 is 5.97 Å². The number of amides is 2. The van der Waals surface area contributed by atoms with Gasteiger partial charge < -0.3 is 19.6 Å². The molecule has 6 atom stereocenters. The van der Waals surface area contributed by atoms with E-state index in [0.29, 0.717) is 12.8 Å². The van der Waals surface area contributed by atoms with Crippen LogP contribution in [0.1, 0.15) is 37.3 Å². The van der Waals surface area contributed by atoms with E-state index in [2.05, 4.69) is 13.2 Å². The molecule has 3 saturated heterocycles. The first-order chi connectivity index (χ1) is 17.2. The van der Waals surface area contributed by atoms with Crippen LogP contribution in [0.15, 0.2) is 43.5 Å². The molecule has 3 heterocycles. The standard InChI is InChI=1S/C28H36N2O5S/c1-6-13-29(20-15-17(4)9-10-18(20)5)26(33)24-28-12-11-21(36-28)22(27(34)35-14-7-2)23(28)25(32)30(24)19(8-3)16-31/h6-7,9-10,15,19,21-24,31H,1-2,8,11-14,16H2,3-5H3/t19-,21+,22-,23-,24?,28?/m0/s1. The number of ether oxygens (including phenoxy) is 1. The number of nitrogens with zero attached hydrogens (tertiary/aromatic N) is 2. The minimum absolute atomic E-state index is 0.0727. The van der Waals surface area contributed by atoms with Crippen LogP contribution in [-0.4, -0.2) is 69.6 Å². The zero-order valence-electron chi connectivity index (χ0n) is 21.3. The van der Waals surface area contributed by atoms with E-state index in [4.69, 9.17) is 4.74 Å². The molecule has 2 amide bonds. The molecular weight excluding hydrogens is 476 g/mol. The Labute approximate surface area is 217 Å². The summed E-state index contributed by atoms with van der Waals surface area (Å²) in [5, 5.41) is 10.1. The highest BCUT2D eigenvalue weighted by molar-refractivity contribution is 8.02. The summed E-state index contributed by atoms with van der Waals surface area (Å²) >= 11 is 1.60. The summed E-state index contributed by atoms with van der Waals surface area (Å²) < 4.78 is 4.67. The summed E-state index contributed by atoms with van der Waals surface area (Å²) in [6.07, 6.45) is 5.10. The second-order valence-corrected chi connectivity index (χ2v) is 11.6. The van der Waals surface area contributed by atoms with Gasteiger partial charge in [-0.25, -0.2) is 0 Å². The largest absolute Gasteiger partial charge is 0.461 e. The lowest BCUT2D eigenvalue weighted by Crippen LogP contribution is -2.57. The number of esters is 1. The van der Waals surface area contributed by atoms with Gasteiger partial charge in [0.05, 0.1) is 29.2 Å². The van der Waals surface area contributed by atoms with Gasteiger partial charge in [-0.05, 0) is 50.3 Å². The van der Waals surface area contributed by atoms with E-state index in [1.165, 1.54) is 6.08 Å². The molecule has 3 aliphatic rings. The van der Waals surface area contributed by atoms with Crippen LogP contribution in [0.5, 0.6) is 0 Å². The maximum absolute atomic E-state index is 14.5. The number of hydrogen-bond donors (Lipinski definition) is 1. The number of thioether (sulfide) groups is 1. The maximum Gasteiger partial charge on any atom is 0.311 e. The van der Waals surface area contributed by atoms with Gasteiger partial charge in [-0.1, -0.05) is 37.8 Å². The number of anilines is 1. The molecule has 2 bridgehead atoms. The molecule has 1 spiro atoms. The van der Waals surface area contributed by atoms with Crippen LogP contribution in [0.2, 0.25) is 0 Å². The number of fused-ring (bicyclic) bond motifs is 1. The first kappa shape index (κ1) is 26.5. The third-order valence-corrected chi connectivity index (χ3v) is 9.85. The van der Waals surface area contributed by atoms with Gasteiger partial charge in [0.2, 0.25) is 5.91 Å². The molecule has 3 aliphatic heterocycles. The Hall–Kier alpha value is -2.58. The lowest BCUT2D eigenvalue weighted by atomic mass is 9.71. The van der Waals surface area contributed by atoms with E-state index >= 15 is 0 Å². The molecule has 2 unspecified atom stereocenters. The second kappa shape index (κ2) is 10.4. The van der Waals surface area contributed by atoms with Crippen LogP contribution in [0.3, 0.4) is 0 Å². The van der Waals surface area contributed by atoms with Crippen LogP contribution in [0, 0.1) is 25.7 Å². The predicted octanol–water partition coefficient (Wildman–Crippen LogP) is 3.41. The zero-order valence-corrected chi connectivity index (χ0v) is 22.1. The molecule has 7 nitrogen and oxygen atoms in total. The molecule has 8 heteroatoms. The van der Waals surface area contributed by atoms with Crippen molar-refractivity contribution < 1.29 is 24.2 Å². The molecule has 3 fully saturated rings. The molecule has 0 aliphatic carbocycles. The van der Waals surface area contributed by atoms with Crippen molar-refractivity contribution in [3.05, 3.63) is 54.6 Å². The average Bonchev–Trinajstić information content (AvgIpc) is 3.51. The Kier molecular flexibility index (Phi) is 7.67. The number of hydrogen-bond acceptors (Lipinski definition) is 6. The minimum atomic E-state index is -0.792. The quantitative estimate of drug-likeness (QED) is 0.382. The number of benzene rings is 1. The van der Waals surface area contributed by atoms with E-state index in [1.807, 2.05) is 39.0 Å². The number of carbonyl (C=O) groups excluding carboxylic acids is 3. The van der Waals surface area contributed by atoms with Gasteiger partial charge in [-0.2, -0.15) is 0 Å². The fourth-order valence-electron chi connectivity index (χ4n) is 6.28. The highest BCUT2D eigenvalue weighted by Gasteiger charge is 2.74. The Morgan fingerprint density at radius 3 is 2.72 bits per heavy atom. The third-order valence-electron chi connectivity index (χ3n) is 7.90. The fraction of sp³-hybridized carbons (Fsp3) is 0.536. The second-order valence-electron chi connectivity index (χ2n) is 9.99. The molecule has 1 aromatic carbocycles. The summed E-state index contributed by atoms with van der Waals surface area (Å²) in [5.41, 5.74) is 2.75. The molecule has 1 aromatic rings. The highest BCUT2D eigenvalue weighted by atomic mass is 32.2. The topological polar surface area (TPSA) is 87.1 Å². The third kappa shape index (κ3) is 4.08. The molecule has 0 aromatic heterocycles. The molecule has 194 valence electrons. The minimum Gasteiger partial charge on any atom is -0.461 e. The molecule has 36 heavy (non-hydrogen) atoms. The van der Waals surface area contributed by atoms with Crippen molar-refractivity contribution in [2.45, 2.75) is 62.1 Å². The van der Waals surface area contributed by atoms with E-state index in [9.17, 15) is 19.5 Å². The van der Waals surface area contributed by atoms with E-state index in [-0.39, 0.29) is 36.8 Å². The lowest BCUT2D eigenvalue weighted by Gasteiger charge is -2.39. The molecule has 0 saturated carbocycles. The van der Waals surface area contributed by atoms with Gasteiger partial charge in [0.1, 0.15) is 12.6 Å². The van der Waals surface area contributed by atoms with Crippen molar-refractivity contribution in [1.82, 2.24) is 4.90 Å². The highest BCUT2D eigenvalue weighted by Crippen LogP contribution is 2.67. The van der Waals surface area contributed by atoms with Crippen molar-refractivity contribution in [2.24, 2.45) is 11.8 Å². The van der Waals surface area contributed by atoms with Crippen LogP contribution in [0.4, 0.5) is 5.69 Å². The van der Waals surface area contributed by atoms with Crippen molar-refractivity contribution >= 4 is 35.2 Å². The molecular formula is C28H36N2O5S. The van der Waals surface area contributed by atoms with Crippen molar-refractivity contribution in [3.8, 4) is 0 Å². The van der Waals surface area contributed by atoms with Gasteiger partial charge in [0.15, 0.2) is 0 Å². The number of carbonyl (C=O) groups is 3. The number of aliphatic hydroxyl groups is 1. The van der Waals surface area contributed by atoms with Crippen LogP contribution in [0.25, 0.3) is 0 Å². The van der Waals surface area contributed by atoms with Crippen LogP contribution >= 0.6 is 11.8 Å². The van der Waals surface area contributed by atoms with Crippen molar-refractivity contribution in [3.63, 3.8) is 0 Å². The maximum atomic E-state index is 14.5. The molecule has 1 N–H and O–H groups in total. The van der Waals surface area contributed by atoms with E-state index in [1.54, 1.807) is 27.6 Å². The summed E-state index contributed by atoms with van der Waals surface area (Å²) in [4.78, 5) is 45.0. The predicted molar refractivity (Wildman–Crippen MR) is 142 cm³/mol. The normalized spacial score (nSPS) is 29.1. The van der Waals surface area contributed by atoms with Crippen LogP contribution in [-0.2, 0) is 19.1 Å². The fourth-order valence-corrected chi connectivity index (χ4v) is 8.46. The Balaban J connectivity index is 1.82. The summed E-state index contributed by atoms with van der Waals surface area (Å²) in [5.74, 6) is -2.10. The van der Waals surface area contributed by atoms with Gasteiger partial charge in [-0.3, -0.25) is 14.4 Å². The molecule has 4 rings (SSSR count). The monoisotopic (exact) mass is 512 g/mol. The Bertz CT molecular complexity index is 1070. The summed E-state index contributed by atoms with van der Waals surface area (Å²) in [6.45, 7) is 13.4. The summed E-state index contributed by atoms with van der Waals surface area (Å²) in [7, 11) is 0. The van der Waals surface area contributed by atoms with E-state index in [0.717, 1.165) is 23.2 Å². The number of rotatable bonds is 10. The van der Waals surface area contributed by atoms with Crippen molar-refractivity contribution in [1.29, 1.82) is 0 Å². The van der Waals surface area contributed by atoms with E-state index < -0.39 is 34.6 Å². The first-order valence-corrected chi connectivity index (χ1v) is 13.5. The average molecular weight is 513 g/mol. The van der Waals surface area contributed by atoms with Crippen molar-refractivity contribution in [2.75, 3.05) is 24.7 Å². The van der Waals surface area contributed by atoms with Gasteiger partial charge in [0.25, 0.3) is 5.91 Å². The van der Waals surface area contributed by atoms with Crippen LogP contribution < -0.4 is 4.90 Å². The van der Waals surface area contributed by atoms with Gasteiger partial charge in [0, 0.05) is 17.5 Å². The lowest BCUT2D eigenvalue weighted by molar-refractivity contribution is -0.153. The number of likely N-dealkylation sites (tertiary alicyclic amines) is 1.